The summed E-state index contributed by atoms with van der Waals surface area (Å²) in [7, 11) is 0. The van der Waals surface area contributed by atoms with Gasteiger partial charge in [-0.2, -0.15) is 0 Å². The van der Waals surface area contributed by atoms with E-state index in [-0.39, 0.29) is 12.1 Å². The Morgan fingerprint density at radius 2 is 1.76 bits per heavy atom. The Hall–Kier alpha value is -2.74. The number of carbonyl (C=O) groups excluding carboxylic acids is 2. The van der Waals surface area contributed by atoms with Crippen molar-refractivity contribution >= 4 is 39.2 Å². The topological polar surface area (TPSA) is 98.5 Å². The molecule has 1 amide bonds. The second-order valence-electron chi connectivity index (χ2n) is 5.23. The molecule has 2 rings (SSSR count). The molecular formula is C17H15BrN2O5. The van der Waals surface area contributed by atoms with Crippen molar-refractivity contribution < 1.29 is 19.2 Å². The molecule has 1 N–H and O–H groups in total. The first-order chi connectivity index (χ1) is 11.8. The van der Waals surface area contributed by atoms with Crippen LogP contribution in [-0.4, -0.2) is 22.9 Å². The molecule has 130 valence electrons. The zero-order valence-corrected chi connectivity index (χ0v) is 14.9. The highest BCUT2D eigenvalue weighted by molar-refractivity contribution is 9.10. The molecule has 0 spiro atoms. The predicted octanol–water partition coefficient (Wildman–Crippen LogP) is 3.47. The van der Waals surface area contributed by atoms with Crippen LogP contribution in [0.5, 0.6) is 0 Å². The van der Waals surface area contributed by atoms with Crippen LogP contribution in [0.3, 0.4) is 0 Å². The first-order valence-electron chi connectivity index (χ1n) is 7.34. The van der Waals surface area contributed by atoms with Gasteiger partial charge < -0.3 is 10.1 Å². The smallest absolute Gasteiger partial charge is 0.311 e. The summed E-state index contributed by atoms with van der Waals surface area (Å²) in [5.41, 5.74) is 1.08. The summed E-state index contributed by atoms with van der Waals surface area (Å²) in [6.07, 6.45) is -0.930. The number of ether oxygens (including phenoxy) is 1. The fourth-order valence-electron chi connectivity index (χ4n) is 1.97. The molecule has 0 radical (unpaired) electrons. The van der Waals surface area contributed by atoms with Gasteiger partial charge in [-0.15, -0.1) is 0 Å². The van der Waals surface area contributed by atoms with Crippen molar-refractivity contribution in [3.05, 3.63) is 68.7 Å². The van der Waals surface area contributed by atoms with Gasteiger partial charge in [-0.05, 0) is 36.8 Å². The third-order valence-electron chi connectivity index (χ3n) is 3.28. The zero-order chi connectivity index (χ0) is 18.4. The monoisotopic (exact) mass is 406 g/mol. The van der Waals surface area contributed by atoms with Crippen molar-refractivity contribution in [2.75, 3.05) is 5.32 Å². The number of non-ortho nitro benzene ring substituents is 1. The average Bonchev–Trinajstić information content (AvgIpc) is 2.57. The van der Waals surface area contributed by atoms with Gasteiger partial charge in [0, 0.05) is 22.3 Å². The van der Waals surface area contributed by atoms with Crippen LogP contribution < -0.4 is 5.32 Å². The van der Waals surface area contributed by atoms with Gasteiger partial charge in [0.2, 0.25) is 0 Å². The number of nitro groups is 1. The number of nitrogens with one attached hydrogen (secondary N) is 1. The lowest BCUT2D eigenvalue weighted by Crippen LogP contribution is -2.30. The van der Waals surface area contributed by atoms with Crippen molar-refractivity contribution in [3.8, 4) is 0 Å². The van der Waals surface area contributed by atoms with Crippen LogP contribution in [0.1, 0.15) is 12.5 Å². The van der Waals surface area contributed by atoms with Crippen molar-refractivity contribution in [2.24, 2.45) is 0 Å². The van der Waals surface area contributed by atoms with Gasteiger partial charge in [0.15, 0.2) is 6.10 Å². The molecule has 0 aromatic heterocycles. The number of nitrogens with zero attached hydrogens (tertiary/aromatic N) is 1. The van der Waals surface area contributed by atoms with E-state index in [1.54, 1.807) is 12.1 Å². The lowest BCUT2D eigenvalue weighted by Gasteiger charge is -2.13. The van der Waals surface area contributed by atoms with Gasteiger partial charge >= 0.3 is 5.97 Å². The quantitative estimate of drug-likeness (QED) is 0.449. The number of benzene rings is 2. The minimum absolute atomic E-state index is 0.0580. The molecule has 0 bridgehead atoms. The highest BCUT2D eigenvalue weighted by Gasteiger charge is 2.18. The van der Waals surface area contributed by atoms with Crippen LogP contribution in [0.4, 0.5) is 11.4 Å². The molecule has 0 aliphatic carbocycles. The number of nitro benzene ring substituents is 1. The second kappa shape index (κ2) is 8.39. The molecular weight excluding hydrogens is 392 g/mol. The summed E-state index contributed by atoms with van der Waals surface area (Å²) in [6, 6.07) is 12.6. The molecule has 0 aliphatic heterocycles. The summed E-state index contributed by atoms with van der Waals surface area (Å²) < 4.78 is 6.01. The van der Waals surface area contributed by atoms with E-state index in [4.69, 9.17) is 4.74 Å². The van der Waals surface area contributed by atoms with Crippen molar-refractivity contribution in [1.29, 1.82) is 0 Å². The Kier molecular flexibility index (Phi) is 6.24. The Balaban J connectivity index is 1.87. The highest BCUT2D eigenvalue weighted by atomic mass is 79.9. The molecule has 1 unspecified atom stereocenters. The largest absolute Gasteiger partial charge is 0.452 e. The summed E-state index contributed by atoms with van der Waals surface area (Å²) >= 11 is 3.31. The Bertz CT molecular complexity index is 775. The molecule has 1 atom stereocenters. The number of anilines is 1. The van der Waals surface area contributed by atoms with Crippen LogP contribution in [-0.2, 0) is 20.7 Å². The molecule has 7 nitrogen and oxygen atoms in total. The maximum atomic E-state index is 12.0. The third-order valence-corrected chi connectivity index (χ3v) is 3.81. The van der Waals surface area contributed by atoms with E-state index in [1.165, 1.54) is 31.2 Å². The first-order valence-corrected chi connectivity index (χ1v) is 8.13. The fourth-order valence-corrected chi connectivity index (χ4v) is 2.24. The van der Waals surface area contributed by atoms with Crippen LogP contribution in [0.25, 0.3) is 0 Å². The average molecular weight is 407 g/mol. The van der Waals surface area contributed by atoms with E-state index >= 15 is 0 Å². The van der Waals surface area contributed by atoms with Crippen molar-refractivity contribution in [1.82, 2.24) is 0 Å². The van der Waals surface area contributed by atoms with E-state index in [0.717, 1.165) is 10.0 Å². The molecule has 2 aromatic rings. The number of carbonyl (C=O) groups is 2. The predicted molar refractivity (Wildman–Crippen MR) is 95.1 cm³/mol. The van der Waals surface area contributed by atoms with Gasteiger partial charge in [-0.1, -0.05) is 28.1 Å². The SMILES string of the molecule is CC(OC(=O)Cc1ccc(Br)cc1)C(=O)Nc1ccc([N+](=O)[O-])cc1. The molecule has 0 saturated heterocycles. The molecule has 25 heavy (non-hydrogen) atoms. The first kappa shape index (κ1) is 18.6. The van der Waals surface area contributed by atoms with Gasteiger partial charge in [-0.3, -0.25) is 19.7 Å². The molecule has 0 saturated carbocycles. The van der Waals surface area contributed by atoms with E-state index < -0.39 is 22.9 Å². The van der Waals surface area contributed by atoms with Gasteiger partial charge in [0.25, 0.3) is 11.6 Å². The number of hydrogen-bond acceptors (Lipinski definition) is 5. The van der Waals surface area contributed by atoms with Crippen LogP contribution in [0.15, 0.2) is 53.0 Å². The minimum Gasteiger partial charge on any atom is -0.452 e. The Labute approximate surface area is 152 Å². The molecule has 2 aromatic carbocycles. The molecule has 0 heterocycles. The van der Waals surface area contributed by atoms with E-state index in [2.05, 4.69) is 21.2 Å². The van der Waals surface area contributed by atoms with Crippen molar-refractivity contribution in [3.63, 3.8) is 0 Å². The second-order valence-corrected chi connectivity index (χ2v) is 6.14. The Morgan fingerprint density at radius 1 is 1.16 bits per heavy atom. The maximum Gasteiger partial charge on any atom is 0.311 e. The third kappa shape index (κ3) is 5.68. The normalized spacial score (nSPS) is 11.4. The fraction of sp³-hybridized carbons (Fsp3) is 0.176. The molecule has 0 fully saturated rings. The zero-order valence-electron chi connectivity index (χ0n) is 13.3. The lowest BCUT2D eigenvalue weighted by atomic mass is 10.1. The number of esters is 1. The van der Waals surface area contributed by atoms with Gasteiger partial charge in [-0.25, -0.2) is 0 Å². The van der Waals surface area contributed by atoms with Crippen LogP contribution in [0.2, 0.25) is 0 Å². The van der Waals surface area contributed by atoms with Gasteiger partial charge in [0.1, 0.15) is 0 Å². The highest BCUT2D eigenvalue weighted by Crippen LogP contribution is 2.16. The molecule has 8 heteroatoms. The molecule has 0 aliphatic rings. The Morgan fingerprint density at radius 3 is 2.32 bits per heavy atom. The lowest BCUT2D eigenvalue weighted by molar-refractivity contribution is -0.384. The number of hydrogen-bond donors (Lipinski definition) is 1. The maximum absolute atomic E-state index is 12.0. The summed E-state index contributed by atoms with van der Waals surface area (Å²) in [5.74, 6) is -1.04. The van der Waals surface area contributed by atoms with Crippen LogP contribution in [0, 0.1) is 10.1 Å². The van der Waals surface area contributed by atoms with Crippen LogP contribution >= 0.6 is 15.9 Å². The van der Waals surface area contributed by atoms with E-state index in [1.807, 2.05) is 12.1 Å². The minimum atomic E-state index is -0.988. The number of halogens is 1. The van der Waals surface area contributed by atoms with E-state index in [0.29, 0.717) is 5.69 Å². The van der Waals surface area contributed by atoms with E-state index in [9.17, 15) is 19.7 Å². The van der Waals surface area contributed by atoms with Gasteiger partial charge in [0.05, 0.1) is 11.3 Å². The number of amides is 1. The summed E-state index contributed by atoms with van der Waals surface area (Å²) in [4.78, 5) is 34.0. The summed E-state index contributed by atoms with van der Waals surface area (Å²) in [6.45, 7) is 1.46. The summed E-state index contributed by atoms with van der Waals surface area (Å²) in [5, 5.41) is 13.1. The number of rotatable bonds is 6. The van der Waals surface area contributed by atoms with Crippen molar-refractivity contribution in [2.45, 2.75) is 19.4 Å². The standard InChI is InChI=1S/C17H15BrN2O5/c1-11(25-16(21)10-12-2-4-13(18)5-3-12)17(22)19-14-6-8-15(9-7-14)20(23)24/h2-9,11H,10H2,1H3,(H,19,22).